The van der Waals surface area contributed by atoms with E-state index in [2.05, 4.69) is 4.99 Å². The molecule has 0 aromatic heterocycles. The zero-order valence-electron chi connectivity index (χ0n) is 11.2. The Kier molecular flexibility index (Phi) is 3.09. The van der Waals surface area contributed by atoms with Crippen LogP contribution in [0.15, 0.2) is 35.3 Å². The molecule has 0 saturated heterocycles. The first-order valence-electron chi connectivity index (χ1n) is 6.38. The van der Waals surface area contributed by atoms with E-state index >= 15 is 0 Å². The van der Waals surface area contributed by atoms with Crippen molar-refractivity contribution in [2.24, 2.45) is 4.99 Å². The van der Waals surface area contributed by atoms with E-state index in [0.717, 1.165) is 0 Å². The number of hydrogen-bond donors (Lipinski definition) is 4. The molecule has 0 saturated carbocycles. The SMILES string of the molecule is O=C=NCc1c(O)c(O)cc2cc3cc(O)c(O)cc3cc12. The Morgan fingerprint density at radius 2 is 1.41 bits per heavy atom. The fourth-order valence-corrected chi connectivity index (χ4v) is 2.49. The highest BCUT2D eigenvalue weighted by molar-refractivity contribution is 6.02. The number of aliphatic imine (C=N–C) groups is 1. The van der Waals surface area contributed by atoms with Crippen molar-refractivity contribution in [1.29, 1.82) is 0 Å². The summed E-state index contributed by atoms with van der Waals surface area (Å²) in [6, 6.07) is 7.54. The van der Waals surface area contributed by atoms with Gasteiger partial charge in [-0.05, 0) is 51.9 Å². The maximum Gasteiger partial charge on any atom is 0.235 e. The number of hydrogen-bond acceptors (Lipinski definition) is 6. The van der Waals surface area contributed by atoms with Gasteiger partial charge in [0.25, 0.3) is 0 Å². The molecule has 0 fully saturated rings. The molecular formula is C16H11NO5. The lowest BCUT2D eigenvalue weighted by atomic mass is 9.98. The van der Waals surface area contributed by atoms with Gasteiger partial charge in [0.05, 0.1) is 6.54 Å². The fourth-order valence-electron chi connectivity index (χ4n) is 2.49. The average Bonchev–Trinajstić information content (AvgIpc) is 2.48. The zero-order valence-corrected chi connectivity index (χ0v) is 11.2. The van der Waals surface area contributed by atoms with Crippen molar-refractivity contribution < 1.29 is 25.2 Å². The van der Waals surface area contributed by atoms with Crippen LogP contribution in [0.3, 0.4) is 0 Å². The van der Waals surface area contributed by atoms with Gasteiger partial charge in [-0.2, -0.15) is 0 Å². The first-order valence-corrected chi connectivity index (χ1v) is 6.38. The van der Waals surface area contributed by atoms with Crippen molar-refractivity contribution in [1.82, 2.24) is 0 Å². The van der Waals surface area contributed by atoms with Crippen LogP contribution in [0.5, 0.6) is 23.0 Å². The fraction of sp³-hybridized carbons (Fsp3) is 0.0625. The standard InChI is InChI=1S/C16H11NO5/c18-7-17-6-12-11-2-9-4-14(20)13(19)3-8(9)1-10(11)5-15(21)16(12)22/h1-5,19-22H,6H2. The van der Waals surface area contributed by atoms with Crippen molar-refractivity contribution in [3.05, 3.63) is 35.9 Å². The van der Waals surface area contributed by atoms with Crippen LogP contribution in [-0.4, -0.2) is 26.5 Å². The molecule has 110 valence electrons. The quantitative estimate of drug-likeness (QED) is 0.251. The lowest BCUT2D eigenvalue weighted by molar-refractivity contribution is 0.401. The second kappa shape index (κ2) is 4.95. The average molecular weight is 297 g/mol. The van der Waals surface area contributed by atoms with E-state index in [-0.39, 0.29) is 35.1 Å². The third-order valence-electron chi connectivity index (χ3n) is 3.55. The van der Waals surface area contributed by atoms with Gasteiger partial charge in [0, 0.05) is 5.56 Å². The molecule has 0 aliphatic heterocycles. The van der Waals surface area contributed by atoms with E-state index in [1.165, 1.54) is 24.3 Å². The molecule has 4 N–H and O–H groups in total. The van der Waals surface area contributed by atoms with Gasteiger partial charge in [-0.3, -0.25) is 0 Å². The lowest BCUT2D eigenvalue weighted by Crippen LogP contribution is -1.88. The second-order valence-corrected chi connectivity index (χ2v) is 4.89. The minimum Gasteiger partial charge on any atom is -0.504 e. The molecule has 3 rings (SSSR count). The summed E-state index contributed by atoms with van der Waals surface area (Å²) in [7, 11) is 0. The monoisotopic (exact) mass is 297 g/mol. The first-order chi connectivity index (χ1) is 10.5. The Labute approximate surface area is 124 Å². The Balaban J connectivity index is 2.41. The Morgan fingerprint density at radius 1 is 0.818 bits per heavy atom. The minimum absolute atomic E-state index is 0.129. The van der Waals surface area contributed by atoms with Gasteiger partial charge in [0.1, 0.15) is 0 Å². The lowest BCUT2D eigenvalue weighted by Gasteiger charge is -2.11. The number of rotatable bonds is 2. The molecule has 0 atom stereocenters. The molecule has 0 amide bonds. The molecule has 6 nitrogen and oxygen atoms in total. The number of phenolic OH excluding ortho intramolecular Hbond substituents is 4. The van der Waals surface area contributed by atoms with Gasteiger partial charge in [-0.1, -0.05) is 0 Å². The van der Waals surface area contributed by atoms with Crippen molar-refractivity contribution >= 4 is 27.6 Å². The van der Waals surface area contributed by atoms with Crippen molar-refractivity contribution in [3.63, 3.8) is 0 Å². The maximum atomic E-state index is 10.3. The predicted molar refractivity (Wildman–Crippen MR) is 79.9 cm³/mol. The van der Waals surface area contributed by atoms with E-state index in [1.54, 1.807) is 12.1 Å². The van der Waals surface area contributed by atoms with Crippen LogP contribution in [0.1, 0.15) is 5.56 Å². The van der Waals surface area contributed by atoms with Gasteiger partial charge in [0.2, 0.25) is 6.08 Å². The highest BCUT2D eigenvalue weighted by atomic mass is 16.3. The molecule has 0 aliphatic rings. The summed E-state index contributed by atoms with van der Waals surface area (Å²) in [6.07, 6.45) is 1.39. The number of isocyanates is 1. The third kappa shape index (κ3) is 2.08. The van der Waals surface area contributed by atoms with Crippen LogP contribution in [0.4, 0.5) is 0 Å². The van der Waals surface area contributed by atoms with Gasteiger partial charge in [0.15, 0.2) is 23.0 Å². The maximum absolute atomic E-state index is 10.3. The molecule has 22 heavy (non-hydrogen) atoms. The summed E-state index contributed by atoms with van der Waals surface area (Å²) in [6.45, 7) is -0.129. The number of nitrogens with zero attached hydrogens (tertiary/aromatic N) is 1. The summed E-state index contributed by atoms with van der Waals surface area (Å²) in [5.74, 6) is -1.19. The van der Waals surface area contributed by atoms with Gasteiger partial charge in [-0.15, -0.1) is 0 Å². The Hall–Kier alpha value is -3.24. The van der Waals surface area contributed by atoms with E-state index < -0.39 is 0 Å². The molecule has 6 heteroatoms. The highest BCUT2D eigenvalue weighted by Gasteiger charge is 2.13. The number of aromatic hydroxyl groups is 4. The molecule has 0 bridgehead atoms. The topological polar surface area (TPSA) is 110 Å². The Morgan fingerprint density at radius 3 is 2.05 bits per heavy atom. The predicted octanol–water partition coefficient (Wildman–Crippen LogP) is 2.65. The van der Waals surface area contributed by atoms with E-state index in [4.69, 9.17) is 0 Å². The normalized spacial score (nSPS) is 10.7. The molecule has 0 aliphatic carbocycles. The molecule has 0 heterocycles. The van der Waals surface area contributed by atoms with Gasteiger partial charge >= 0.3 is 0 Å². The van der Waals surface area contributed by atoms with Crippen LogP contribution < -0.4 is 0 Å². The van der Waals surface area contributed by atoms with Crippen molar-refractivity contribution in [2.45, 2.75) is 6.54 Å². The zero-order chi connectivity index (χ0) is 15.9. The van der Waals surface area contributed by atoms with Crippen molar-refractivity contribution in [3.8, 4) is 23.0 Å². The first kappa shape index (κ1) is 13.7. The van der Waals surface area contributed by atoms with Crippen LogP contribution in [-0.2, 0) is 11.3 Å². The Bertz CT molecular complexity index is 958. The molecule has 3 aromatic rings. The summed E-state index contributed by atoms with van der Waals surface area (Å²) >= 11 is 0. The number of carbonyl (C=O) groups excluding carboxylic acids is 1. The largest absolute Gasteiger partial charge is 0.504 e. The minimum atomic E-state index is -0.353. The summed E-state index contributed by atoms with van der Waals surface area (Å²) in [5, 5.41) is 41.4. The second-order valence-electron chi connectivity index (χ2n) is 4.89. The smallest absolute Gasteiger partial charge is 0.235 e. The van der Waals surface area contributed by atoms with Crippen molar-refractivity contribution in [2.75, 3.05) is 0 Å². The van der Waals surface area contributed by atoms with Crippen LogP contribution in [0.25, 0.3) is 21.5 Å². The number of phenols is 4. The molecular weight excluding hydrogens is 286 g/mol. The molecule has 0 unspecified atom stereocenters. The van der Waals surface area contributed by atoms with Gasteiger partial charge < -0.3 is 20.4 Å². The van der Waals surface area contributed by atoms with E-state index in [1.807, 2.05) is 0 Å². The third-order valence-corrected chi connectivity index (χ3v) is 3.55. The summed E-state index contributed by atoms with van der Waals surface area (Å²) in [4.78, 5) is 13.7. The highest BCUT2D eigenvalue weighted by Crippen LogP contribution is 2.39. The van der Waals surface area contributed by atoms with Crippen LogP contribution in [0, 0.1) is 0 Å². The molecule has 3 aromatic carbocycles. The molecule has 0 radical (unpaired) electrons. The summed E-state index contributed by atoms with van der Waals surface area (Å²) < 4.78 is 0. The summed E-state index contributed by atoms with van der Waals surface area (Å²) in [5.41, 5.74) is 0.285. The van der Waals surface area contributed by atoms with E-state index in [9.17, 15) is 25.2 Å². The number of benzene rings is 3. The number of fused-ring (bicyclic) bond motifs is 2. The van der Waals surface area contributed by atoms with Crippen LogP contribution in [0.2, 0.25) is 0 Å². The molecule has 0 spiro atoms. The van der Waals surface area contributed by atoms with E-state index in [0.29, 0.717) is 21.5 Å². The van der Waals surface area contributed by atoms with Gasteiger partial charge in [-0.25, -0.2) is 9.79 Å². The van der Waals surface area contributed by atoms with Crippen LogP contribution >= 0.6 is 0 Å².